The number of benzene rings is 3. The number of rotatable bonds is 5. The van der Waals surface area contributed by atoms with Crippen LogP contribution in [-0.2, 0) is 19.8 Å². The van der Waals surface area contributed by atoms with Gasteiger partial charge in [0.2, 0.25) is 0 Å². The molecule has 36 heavy (non-hydrogen) atoms. The predicted molar refractivity (Wildman–Crippen MR) is 131 cm³/mol. The molecule has 0 unspecified atom stereocenters. The van der Waals surface area contributed by atoms with Gasteiger partial charge in [0.05, 0.1) is 22.8 Å². The third-order valence-electron chi connectivity index (χ3n) is 5.69. The van der Waals surface area contributed by atoms with Gasteiger partial charge in [-0.3, -0.25) is 4.79 Å². The minimum atomic E-state index is -4.52. The molecule has 1 aromatic heterocycles. The largest absolute Gasteiger partial charge is 0.489 e. The number of anilines is 2. The van der Waals surface area contributed by atoms with Crippen LogP contribution >= 0.6 is 0 Å². The smallest absolute Gasteiger partial charge is 0.416 e. The summed E-state index contributed by atoms with van der Waals surface area (Å²) in [6, 6.07) is 13.2. The van der Waals surface area contributed by atoms with E-state index < -0.39 is 17.8 Å². The van der Waals surface area contributed by atoms with E-state index in [1.54, 1.807) is 43.4 Å². The number of hydrogen-bond acceptors (Lipinski definition) is 4. The number of hydrogen-bond donors (Lipinski definition) is 2. The Morgan fingerprint density at radius 1 is 0.972 bits per heavy atom. The van der Waals surface area contributed by atoms with Gasteiger partial charge in [0.15, 0.2) is 0 Å². The number of amides is 2. The molecule has 4 rings (SSSR count). The van der Waals surface area contributed by atoms with Crippen LogP contribution in [-0.4, -0.2) is 15.6 Å². The van der Waals surface area contributed by atoms with Crippen molar-refractivity contribution in [2.75, 3.05) is 10.6 Å². The molecule has 0 aliphatic carbocycles. The maximum atomic E-state index is 13.1. The standard InChI is InChI=1S/C26H23F3N4O3/c1-15-4-6-18(31-25(35)32-19-7-5-16(2)22(11-19)26(27,28)29)10-17(15)13-36-20-8-9-23-21(12-20)24(34)33(3)14-30-23/h4-12,14H,13H2,1-3H3,(H2,31,32,35). The van der Waals surface area contributed by atoms with E-state index in [2.05, 4.69) is 15.6 Å². The summed E-state index contributed by atoms with van der Waals surface area (Å²) in [5.41, 5.74) is 1.80. The number of halogens is 3. The zero-order valence-electron chi connectivity index (χ0n) is 19.7. The number of alkyl halides is 3. The summed E-state index contributed by atoms with van der Waals surface area (Å²) in [5, 5.41) is 5.49. The fourth-order valence-corrected chi connectivity index (χ4v) is 3.64. The van der Waals surface area contributed by atoms with Gasteiger partial charge in [0.1, 0.15) is 12.4 Å². The SMILES string of the molecule is Cc1ccc(NC(=O)Nc2ccc(C)c(C(F)(F)F)c2)cc1COc1ccc2ncn(C)c(=O)c2c1. The fraction of sp³-hybridized carbons (Fsp3) is 0.192. The first kappa shape index (κ1) is 24.8. The molecule has 0 spiro atoms. The molecule has 4 aromatic rings. The van der Waals surface area contributed by atoms with Crippen LogP contribution in [0.4, 0.5) is 29.3 Å². The zero-order valence-corrected chi connectivity index (χ0v) is 19.7. The van der Waals surface area contributed by atoms with Crippen molar-refractivity contribution in [2.24, 2.45) is 7.05 Å². The quantitative estimate of drug-likeness (QED) is 0.366. The summed E-state index contributed by atoms with van der Waals surface area (Å²) in [5.74, 6) is 0.489. The Balaban J connectivity index is 1.45. The van der Waals surface area contributed by atoms with Crippen LogP contribution in [0.5, 0.6) is 5.75 Å². The summed E-state index contributed by atoms with van der Waals surface area (Å²) >= 11 is 0. The summed E-state index contributed by atoms with van der Waals surface area (Å²) in [6.45, 7) is 3.41. The van der Waals surface area contributed by atoms with E-state index in [9.17, 15) is 22.8 Å². The molecule has 7 nitrogen and oxygen atoms in total. The summed E-state index contributed by atoms with van der Waals surface area (Å²) in [6.07, 6.45) is -3.06. The molecule has 0 aliphatic heterocycles. The van der Waals surface area contributed by atoms with Crippen LogP contribution in [0.3, 0.4) is 0 Å². The van der Waals surface area contributed by atoms with Gasteiger partial charge in [0, 0.05) is 18.4 Å². The van der Waals surface area contributed by atoms with E-state index in [1.807, 2.05) is 6.92 Å². The van der Waals surface area contributed by atoms with Crippen molar-refractivity contribution in [3.05, 3.63) is 93.5 Å². The molecule has 2 N–H and O–H groups in total. The minimum Gasteiger partial charge on any atom is -0.489 e. The van der Waals surface area contributed by atoms with Gasteiger partial charge in [-0.15, -0.1) is 0 Å². The van der Waals surface area contributed by atoms with Crippen LogP contribution in [0, 0.1) is 13.8 Å². The Bertz CT molecular complexity index is 1510. The van der Waals surface area contributed by atoms with Crippen molar-refractivity contribution < 1.29 is 22.7 Å². The maximum absolute atomic E-state index is 13.1. The third kappa shape index (κ3) is 5.48. The molecule has 0 fully saturated rings. The van der Waals surface area contributed by atoms with E-state index in [-0.39, 0.29) is 23.4 Å². The number of ether oxygens (including phenoxy) is 1. The van der Waals surface area contributed by atoms with Gasteiger partial charge in [-0.1, -0.05) is 12.1 Å². The van der Waals surface area contributed by atoms with Gasteiger partial charge in [-0.05, 0) is 73.0 Å². The highest BCUT2D eigenvalue weighted by Gasteiger charge is 2.32. The molecule has 0 atom stereocenters. The number of nitrogens with one attached hydrogen (secondary N) is 2. The molecule has 0 bridgehead atoms. The molecule has 10 heteroatoms. The average Bonchev–Trinajstić information content (AvgIpc) is 2.82. The number of carbonyl (C=O) groups is 1. The highest BCUT2D eigenvalue weighted by Crippen LogP contribution is 2.33. The topological polar surface area (TPSA) is 85.2 Å². The van der Waals surface area contributed by atoms with E-state index in [4.69, 9.17) is 4.74 Å². The summed E-state index contributed by atoms with van der Waals surface area (Å²) in [7, 11) is 1.62. The van der Waals surface area contributed by atoms with Crippen LogP contribution in [0.15, 0.2) is 65.7 Å². The average molecular weight is 496 g/mol. The zero-order chi connectivity index (χ0) is 26.0. The lowest BCUT2D eigenvalue weighted by atomic mass is 10.1. The first-order chi connectivity index (χ1) is 17.0. The monoisotopic (exact) mass is 496 g/mol. The van der Waals surface area contributed by atoms with Crippen molar-refractivity contribution in [1.29, 1.82) is 0 Å². The normalized spacial score (nSPS) is 11.4. The van der Waals surface area contributed by atoms with Gasteiger partial charge in [0.25, 0.3) is 5.56 Å². The minimum absolute atomic E-state index is 0.0260. The molecule has 0 radical (unpaired) electrons. The second-order valence-electron chi connectivity index (χ2n) is 8.38. The Morgan fingerprint density at radius 2 is 1.64 bits per heavy atom. The second kappa shape index (κ2) is 9.73. The Morgan fingerprint density at radius 3 is 2.33 bits per heavy atom. The molecule has 3 aromatic carbocycles. The molecular weight excluding hydrogens is 473 g/mol. The first-order valence-corrected chi connectivity index (χ1v) is 10.9. The third-order valence-corrected chi connectivity index (χ3v) is 5.69. The fourth-order valence-electron chi connectivity index (χ4n) is 3.64. The number of aryl methyl sites for hydroxylation is 3. The first-order valence-electron chi connectivity index (χ1n) is 10.9. The van der Waals surface area contributed by atoms with E-state index >= 15 is 0 Å². The molecular formula is C26H23F3N4O3. The highest BCUT2D eigenvalue weighted by molar-refractivity contribution is 5.99. The highest BCUT2D eigenvalue weighted by atomic mass is 19.4. The lowest BCUT2D eigenvalue weighted by Gasteiger charge is -2.14. The lowest BCUT2D eigenvalue weighted by Crippen LogP contribution is -2.20. The molecule has 0 aliphatic rings. The second-order valence-corrected chi connectivity index (χ2v) is 8.38. The van der Waals surface area contributed by atoms with Gasteiger partial charge in [-0.25, -0.2) is 9.78 Å². The number of fused-ring (bicyclic) bond motifs is 1. The predicted octanol–water partition coefficient (Wildman–Crippen LogP) is 5.79. The molecule has 2 amide bonds. The number of carbonyl (C=O) groups excluding carboxylic acids is 1. The van der Waals surface area contributed by atoms with E-state index in [0.717, 1.165) is 17.2 Å². The lowest BCUT2D eigenvalue weighted by molar-refractivity contribution is -0.138. The van der Waals surface area contributed by atoms with Gasteiger partial charge in [-0.2, -0.15) is 13.2 Å². The van der Waals surface area contributed by atoms with Crippen LogP contribution in [0.25, 0.3) is 10.9 Å². The van der Waals surface area contributed by atoms with Crippen molar-refractivity contribution in [3.63, 3.8) is 0 Å². The number of nitrogens with zero attached hydrogens (tertiary/aromatic N) is 2. The van der Waals surface area contributed by atoms with Crippen LogP contribution in [0.2, 0.25) is 0 Å². The van der Waals surface area contributed by atoms with Crippen LogP contribution < -0.4 is 20.9 Å². The van der Waals surface area contributed by atoms with Crippen molar-refractivity contribution in [1.82, 2.24) is 9.55 Å². The van der Waals surface area contributed by atoms with Crippen molar-refractivity contribution in [3.8, 4) is 5.75 Å². The molecule has 1 heterocycles. The Labute approximate surface area is 204 Å². The number of urea groups is 1. The summed E-state index contributed by atoms with van der Waals surface area (Å²) < 4.78 is 46.7. The number of aromatic nitrogens is 2. The van der Waals surface area contributed by atoms with E-state index in [1.165, 1.54) is 30.0 Å². The summed E-state index contributed by atoms with van der Waals surface area (Å²) in [4.78, 5) is 29.0. The van der Waals surface area contributed by atoms with E-state index in [0.29, 0.717) is 22.3 Å². The Hall–Kier alpha value is -4.34. The Kier molecular flexibility index (Phi) is 6.69. The maximum Gasteiger partial charge on any atom is 0.416 e. The molecule has 186 valence electrons. The van der Waals surface area contributed by atoms with Crippen molar-refractivity contribution >= 4 is 28.3 Å². The van der Waals surface area contributed by atoms with Crippen LogP contribution in [0.1, 0.15) is 22.3 Å². The molecule has 0 saturated heterocycles. The van der Waals surface area contributed by atoms with Gasteiger partial charge < -0.3 is 19.9 Å². The molecule has 0 saturated carbocycles. The van der Waals surface area contributed by atoms with Gasteiger partial charge >= 0.3 is 12.2 Å². The van der Waals surface area contributed by atoms with Crippen molar-refractivity contribution in [2.45, 2.75) is 26.6 Å².